The van der Waals surface area contributed by atoms with Gasteiger partial charge in [0.05, 0.1) is 38.6 Å². The molecule has 0 aromatic heterocycles. The maximum absolute atomic E-state index is 13.4. The van der Waals surface area contributed by atoms with Gasteiger partial charge in [-0.25, -0.2) is 0 Å². The molecule has 0 aliphatic carbocycles. The molecule has 17 unspecified atom stereocenters. The van der Waals surface area contributed by atoms with Crippen molar-refractivity contribution in [3.63, 3.8) is 0 Å². The summed E-state index contributed by atoms with van der Waals surface area (Å²) >= 11 is 0. The highest BCUT2D eigenvalue weighted by atomic mass is 16.8. The van der Waals surface area contributed by atoms with Gasteiger partial charge in [0, 0.05) is 6.42 Å². The average molecular weight is 1390 g/mol. The second kappa shape index (κ2) is 59.6. The number of aliphatic hydroxyl groups is 11. The minimum atomic E-state index is -1.98. The highest BCUT2D eigenvalue weighted by Gasteiger charge is 2.54. The zero-order valence-corrected chi connectivity index (χ0v) is 61.1. The molecule has 0 aromatic rings. The first-order valence-corrected chi connectivity index (χ1v) is 40.1. The molecule has 0 bridgehead atoms. The van der Waals surface area contributed by atoms with E-state index >= 15 is 0 Å². The van der Waals surface area contributed by atoms with Crippen molar-refractivity contribution in [1.29, 1.82) is 0 Å². The summed E-state index contributed by atoms with van der Waals surface area (Å²) in [6.07, 6.45) is 45.1. The average Bonchev–Trinajstić information content (AvgIpc) is 0.792. The number of carbonyl (C=O) groups is 1. The number of ether oxygens (including phenoxy) is 6. The third-order valence-electron chi connectivity index (χ3n) is 20.3. The summed E-state index contributed by atoms with van der Waals surface area (Å²) < 4.78 is 34.3. The van der Waals surface area contributed by atoms with Gasteiger partial charge in [-0.1, -0.05) is 321 Å². The second-order valence-electron chi connectivity index (χ2n) is 28.9. The molecule has 0 saturated carbocycles. The molecule has 3 rings (SSSR count). The molecule has 3 saturated heterocycles. The summed E-state index contributed by atoms with van der Waals surface area (Å²) in [6.45, 7) is 1.74. The number of hydrogen-bond acceptors (Lipinski definition) is 18. The number of carbonyl (C=O) groups excluding carboxylic acids is 1. The third-order valence-corrected chi connectivity index (χ3v) is 20.3. The molecule has 3 heterocycles. The fraction of sp³-hybridized carbons (Fsp3) is 0.936. The van der Waals surface area contributed by atoms with Gasteiger partial charge < -0.3 is 89.9 Å². The van der Waals surface area contributed by atoms with Crippen molar-refractivity contribution in [2.45, 2.75) is 439 Å². The van der Waals surface area contributed by atoms with Crippen LogP contribution in [0.2, 0.25) is 0 Å². The lowest BCUT2D eigenvalue weighted by Gasteiger charge is -2.48. The number of hydrogen-bond donors (Lipinski definition) is 12. The highest BCUT2D eigenvalue weighted by Crippen LogP contribution is 2.33. The lowest BCUT2D eigenvalue weighted by molar-refractivity contribution is -0.379. The van der Waals surface area contributed by atoms with Crippen LogP contribution in [0, 0.1) is 0 Å². The Labute approximate surface area is 588 Å². The van der Waals surface area contributed by atoms with Gasteiger partial charge in [-0.05, 0) is 32.1 Å². The Bertz CT molecular complexity index is 1850. The number of nitrogens with one attached hydrogen (secondary N) is 1. The van der Waals surface area contributed by atoms with Crippen LogP contribution >= 0.6 is 0 Å². The van der Waals surface area contributed by atoms with E-state index in [1.165, 1.54) is 263 Å². The van der Waals surface area contributed by atoms with Crippen LogP contribution in [0.3, 0.4) is 0 Å². The zero-order chi connectivity index (χ0) is 70.4. The third kappa shape index (κ3) is 40.2. The Kier molecular flexibility index (Phi) is 55.0. The quantitative estimate of drug-likeness (QED) is 0.0199. The molecular weight excluding hydrogens is 1240 g/mol. The van der Waals surface area contributed by atoms with Crippen LogP contribution in [0.15, 0.2) is 24.3 Å². The van der Waals surface area contributed by atoms with Gasteiger partial charge >= 0.3 is 0 Å². The minimum absolute atomic E-state index is 0.241. The maximum Gasteiger partial charge on any atom is 0.220 e. The van der Waals surface area contributed by atoms with Crippen LogP contribution in [0.25, 0.3) is 0 Å². The molecule has 3 aliphatic rings. The maximum atomic E-state index is 13.4. The molecule has 19 heteroatoms. The van der Waals surface area contributed by atoms with Crippen LogP contribution in [-0.4, -0.2) is 193 Å². The number of rotatable bonds is 64. The largest absolute Gasteiger partial charge is 0.394 e. The lowest BCUT2D eigenvalue weighted by atomic mass is 9.96. The Morgan fingerprint density at radius 3 is 1.03 bits per heavy atom. The Morgan fingerprint density at radius 1 is 0.361 bits per heavy atom. The molecule has 97 heavy (non-hydrogen) atoms. The van der Waals surface area contributed by atoms with Gasteiger partial charge in [-0.2, -0.15) is 0 Å². The normalized spacial score (nSPS) is 27.0. The molecule has 17 atom stereocenters. The van der Waals surface area contributed by atoms with Gasteiger partial charge in [0.1, 0.15) is 73.2 Å². The van der Waals surface area contributed by atoms with Crippen molar-refractivity contribution in [1.82, 2.24) is 5.32 Å². The number of allylic oxidation sites excluding steroid dienone is 3. The first-order chi connectivity index (χ1) is 47.3. The molecule has 0 aromatic carbocycles. The van der Waals surface area contributed by atoms with Gasteiger partial charge in [0.15, 0.2) is 18.9 Å². The van der Waals surface area contributed by atoms with Gasteiger partial charge in [-0.3, -0.25) is 4.79 Å². The Balaban J connectivity index is 1.27. The standard InChI is InChI=1S/C78H147NO18/c1-3-5-7-9-11-13-15-17-18-19-20-21-22-23-24-25-26-27-28-29-30-31-32-33-34-35-36-37-38-39-40-41-42-44-46-48-50-52-54-56-66(84)79-61(62(83)55-53-51-49-47-45-43-16-14-12-10-8-6-4-2)60-92-76-72(90)69(87)74(64(58-81)94-76)97-78-73(91)70(88)75(65(59-82)95-78)96-77-71(89)68(86)67(85)63(57-80)93-77/h45,47,53,55,61-65,67-78,80-83,85-91H,3-44,46,48-52,54,56-60H2,1-2H3,(H,79,84)/b47-45+,55-53+. The van der Waals surface area contributed by atoms with Crippen molar-refractivity contribution >= 4 is 5.91 Å². The second-order valence-corrected chi connectivity index (χ2v) is 28.9. The van der Waals surface area contributed by atoms with Gasteiger partial charge in [0.2, 0.25) is 5.91 Å². The number of unbranched alkanes of at least 4 members (excludes halogenated alkanes) is 46. The summed E-state index contributed by atoms with van der Waals surface area (Å²) in [4.78, 5) is 13.4. The fourth-order valence-corrected chi connectivity index (χ4v) is 13.8. The predicted molar refractivity (Wildman–Crippen MR) is 383 cm³/mol. The first kappa shape index (κ1) is 89.5. The molecule has 1 amide bonds. The summed E-state index contributed by atoms with van der Waals surface area (Å²) in [5, 5.41) is 121. The lowest BCUT2D eigenvalue weighted by Crippen LogP contribution is -2.66. The van der Waals surface area contributed by atoms with E-state index in [4.69, 9.17) is 28.4 Å². The molecule has 19 nitrogen and oxygen atoms in total. The fourth-order valence-electron chi connectivity index (χ4n) is 13.8. The summed E-state index contributed by atoms with van der Waals surface area (Å²) in [5.41, 5.74) is 0. The van der Waals surface area contributed by atoms with Crippen molar-refractivity contribution in [3.05, 3.63) is 24.3 Å². The molecule has 3 fully saturated rings. The van der Waals surface area contributed by atoms with E-state index in [0.29, 0.717) is 12.8 Å². The zero-order valence-electron chi connectivity index (χ0n) is 61.1. The predicted octanol–water partition coefficient (Wildman–Crippen LogP) is 13.0. The van der Waals surface area contributed by atoms with E-state index < -0.39 is 124 Å². The monoisotopic (exact) mass is 1390 g/mol. The summed E-state index contributed by atoms with van der Waals surface area (Å²) in [6, 6.07) is -0.986. The topological polar surface area (TPSA) is 307 Å². The van der Waals surface area contributed by atoms with E-state index in [9.17, 15) is 61.0 Å². The van der Waals surface area contributed by atoms with E-state index in [1.807, 2.05) is 6.08 Å². The molecule has 3 aliphatic heterocycles. The molecule has 572 valence electrons. The van der Waals surface area contributed by atoms with Crippen LogP contribution < -0.4 is 5.32 Å². The molecular formula is C78H147NO18. The SMILES string of the molecule is CCCCCCCCC/C=C/CC/C=C/C(O)C(COC1OC(CO)C(OC2OC(CO)C(OC3OC(CO)C(O)C(O)C3O)C(O)C2O)C(O)C1O)NC(=O)CCCCCCCCCCCCCCCCCCCCCCCCCCCCCCCCCCCCCCCCC. The number of aliphatic hydroxyl groups excluding tert-OH is 11. The van der Waals surface area contributed by atoms with Crippen molar-refractivity contribution < 1.29 is 89.4 Å². The summed E-state index contributed by atoms with van der Waals surface area (Å²) in [5.74, 6) is -0.280. The van der Waals surface area contributed by atoms with Gasteiger partial charge in [-0.15, -0.1) is 0 Å². The first-order valence-electron chi connectivity index (χ1n) is 40.1. The van der Waals surface area contributed by atoms with E-state index in [1.54, 1.807) is 6.08 Å². The van der Waals surface area contributed by atoms with Crippen LogP contribution in [0.1, 0.15) is 335 Å². The van der Waals surface area contributed by atoms with Crippen LogP contribution in [0.4, 0.5) is 0 Å². The van der Waals surface area contributed by atoms with Crippen LogP contribution in [0.5, 0.6) is 0 Å². The smallest absolute Gasteiger partial charge is 0.220 e. The van der Waals surface area contributed by atoms with E-state index in [0.717, 1.165) is 38.5 Å². The molecule has 12 N–H and O–H groups in total. The summed E-state index contributed by atoms with van der Waals surface area (Å²) in [7, 11) is 0. The minimum Gasteiger partial charge on any atom is -0.394 e. The molecule has 0 spiro atoms. The Morgan fingerprint density at radius 2 is 0.660 bits per heavy atom. The van der Waals surface area contributed by atoms with Gasteiger partial charge in [0.25, 0.3) is 0 Å². The van der Waals surface area contributed by atoms with Crippen molar-refractivity contribution in [3.8, 4) is 0 Å². The highest BCUT2D eigenvalue weighted by molar-refractivity contribution is 5.76. The Hall–Kier alpha value is -1.73. The van der Waals surface area contributed by atoms with E-state index in [2.05, 4.69) is 31.3 Å². The van der Waals surface area contributed by atoms with Crippen molar-refractivity contribution in [2.24, 2.45) is 0 Å². The van der Waals surface area contributed by atoms with E-state index in [-0.39, 0.29) is 18.9 Å². The number of amides is 1. The van der Waals surface area contributed by atoms with Crippen molar-refractivity contribution in [2.75, 3.05) is 26.4 Å². The molecule has 0 radical (unpaired) electrons. The van der Waals surface area contributed by atoms with Crippen LogP contribution in [-0.2, 0) is 33.2 Å².